The molecule has 0 atom stereocenters. The standard InChI is InChI=1S/7Mo.Na.14H2O.14O/h;;;;;;;;14*1H2;;;;;;;;;;;;;;/q7*+2;;;;;;;;;;;;;;;;;;;;;;;;;;;;;/p-14. The Kier molecular flexibility index (Phi) is 40.7. The van der Waals surface area contributed by atoms with Gasteiger partial charge in [-0.3, -0.25) is 0 Å². The third-order valence-corrected chi connectivity index (χ3v) is 0. The zero-order valence-electron chi connectivity index (χ0n) is 15.8. The molecule has 0 rings (SSSR count). The molecule has 0 aliphatic carbocycles. The van der Waals surface area contributed by atoms with Gasteiger partial charge in [-0.1, -0.05) is 0 Å². The van der Waals surface area contributed by atoms with Crippen molar-refractivity contribution < 1.29 is 217 Å². The third-order valence-electron chi connectivity index (χ3n) is 0. The molecular formula is H14Mo7NaO28. The van der Waals surface area contributed by atoms with E-state index in [1.807, 2.05) is 0 Å². The summed E-state index contributed by atoms with van der Waals surface area (Å²) in [5.74, 6) is 0. The number of hydrogen-bond acceptors (Lipinski definition) is 14. The van der Waals surface area contributed by atoms with Crippen molar-refractivity contribution in [3.63, 3.8) is 0 Å². The van der Waals surface area contributed by atoms with Crippen LogP contribution in [0.15, 0.2) is 0 Å². The van der Waals surface area contributed by atoms with E-state index in [1.165, 1.54) is 0 Å². The summed E-state index contributed by atoms with van der Waals surface area (Å²) in [6.45, 7) is 0. The SMILES string of the molecule is [Na].[O]=[Mo](=[O])([OH])[OH].[O]=[Mo](=[O])([OH])[OH].[O]=[Mo](=[O])([OH])[OH].[O]=[Mo](=[O])([OH])[OH].[O]=[Mo](=[O])([OH])[OH].[O]=[Mo](=[O])([OH])[OH].[O]=[Mo](=[O])([OH])[OH]. The van der Waals surface area contributed by atoms with Gasteiger partial charge in [0.1, 0.15) is 0 Å². The molecule has 28 nitrogen and oxygen atoms in total. The molecular weight excluding hydrogens is 1140 g/mol. The maximum atomic E-state index is 8.85. The molecule has 0 saturated carbocycles. The van der Waals surface area contributed by atoms with E-state index in [0.29, 0.717) is 0 Å². The van der Waals surface area contributed by atoms with Crippen LogP contribution in [0.25, 0.3) is 0 Å². The average Bonchev–Trinajstić information content (AvgIpc) is 2.06. The van der Waals surface area contributed by atoms with Gasteiger partial charge >= 0.3 is 217 Å². The van der Waals surface area contributed by atoms with Gasteiger partial charge in [0.15, 0.2) is 0 Å². The second-order valence-corrected chi connectivity index (χ2v) is 18.5. The molecule has 0 unspecified atom stereocenters. The van der Waals surface area contributed by atoms with Crippen molar-refractivity contribution in [3.05, 3.63) is 0 Å². The summed E-state index contributed by atoms with van der Waals surface area (Å²) in [5, 5.41) is 0. The van der Waals surface area contributed by atoms with Crippen LogP contribution in [0.4, 0.5) is 0 Å². The maximum absolute atomic E-state index is 8.85. The number of hydrogen-bond donors (Lipinski definition) is 14. The Morgan fingerprint density at radius 2 is 0.194 bits per heavy atom. The van der Waals surface area contributed by atoms with Crippen molar-refractivity contribution in [2.75, 3.05) is 0 Å². The van der Waals surface area contributed by atoms with Crippen molar-refractivity contribution in [2.45, 2.75) is 0 Å². The molecule has 0 aromatic heterocycles. The normalized spacial score (nSPS) is 11.3. The summed E-state index contributed by atoms with van der Waals surface area (Å²) in [7, 11) is 0. The van der Waals surface area contributed by atoms with E-state index < -0.39 is 117 Å². The molecule has 0 heterocycles. The van der Waals surface area contributed by atoms with E-state index >= 15 is 0 Å². The fourth-order valence-corrected chi connectivity index (χ4v) is 0. The molecule has 0 fully saturated rings. The van der Waals surface area contributed by atoms with Crippen LogP contribution < -0.4 is 0 Å². The molecule has 0 aliphatic rings. The van der Waals surface area contributed by atoms with Crippen molar-refractivity contribution in [1.29, 1.82) is 0 Å². The predicted octanol–water partition coefficient (Wildman–Crippen LogP) is -9.86. The zero-order chi connectivity index (χ0) is 31.5. The topological polar surface area (TPSA) is 522 Å². The summed E-state index contributed by atoms with van der Waals surface area (Å²) < 4.78 is 224. The molecule has 0 bridgehead atoms. The molecule has 0 aliphatic heterocycles. The molecule has 0 aromatic carbocycles. The summed E-state index contributed by atoms with van der Waals surface area (Å²) in [4.78, 5) is 0. The Morgan fingerprint density at radius 1 is 0.194 bits per heavy atom. The summed E-state index contributed by atoms with van der Waals surface area (Å²) in [5.41, 5.74) is 0. The van der Waals surface area contributed by atoms with Gasteiger partial charge in [0.2, 0.25) is 0 Å². The Balaban J connectivity index is -0.0000000422. The van der Waals surface area contributed by atoms with Crippen LogP contribution in [-0.2, 0) is 165 Å². The fraction of sp³-hybridized carbons (Fsp3) is 0. The molecule has 225 valence electrons. The Hall–Kier alpha value is 2.46. The molecule has 36 heteroatoms. The van der Waals surface area contributed by atoms with Gasteiger partial charge in [0.25, 0.3) is 0 Å². The van der Waals surface area contributed by atoms with Gasteiger partial charge in [-0.15, -0.1) is 0 Å². The van der Waals surface area contributed by atoms with Crippen LogP contribution in [0.5, 0.6) is 0 Å². The second kappa shape index (κ2) is 25.2. The van der Waals surface area contributed by atoms with Crippen molar-refractivity contribution in [3.8, 4) is 0 Å². The first kappa shape index (κ1) is 58.2. The molecule has 14 N–H and O–H groups in total. The number of rotatable bonds is 0. The molecule has 36 heavy (non-hydrogen) atoms. The summed E-state index contributed by atoms with van der Waals surface area (Å²) in [6.07, 6.45) is 0. The van der Waals surface area contributed by atoms with Crippen LogP contribution in [0.1, 0.15) is 0 Å². The van der Waals surface area contributed by atoms with Gasteiger partial charge in [0.05, 0.1) is 0 Å². The van der Waals surface area contributed by atoms with E-state index in [1.54, 1.807) is 0 Å². The van der Waals surface area contributed by atoms with Crippen LogP contribution >= 0.6 is 0 Å². The average molecular weight is 1160 g/mol. The molecule has 0 aromatic rings. The molecule has 0 spiro atoms. The molecule has 1 radical (unpaired) electrons. The Bertz CT molecular complexity index is 909. The van der Waals surface area contributed by atoms with E-state index in [4.69, 9.17) is 100 Å². The van der Waals surface area contributed by atoms with Crippen LogP contribution in [0.2, 0.25) is 0 Å². The summed E-state index contributed by atoms with van der Waals surface area (Å²) >= 11 is -38.6. The molecule has 0 amide bonds. The first-order chi connectivity index (χ1) is 14.0. The Morgan fingerprint density at radius 3 is 0.194 bits per heavy atom. The minimum atomic E-state index is -5.52. The van der Waals surface area contributed by atoms with Gasteiger partial charge in [0, 0.05) is 29.6 Å². The van der Waals surface area contributed by atoms with Crippen LogP contribution in [-0.4, -0.2) is 82.2 Å². The first-order valence-electron chi connectivity index (χ1n) is 4.89. The van der Waals surface area contributed by atoms with Crippen molar-refractivity contribution in [1.82, 2.24) is 0 Å². The van der Waals surface area contributed by atoms with Gasteiger partial charge < -0.3 is 0 Å². The van der Waals surface area contributed by atoms with E-state index in [9.17, 15) is 0 Å². The molecule has 0 saturated heterocycles. The van der Waals surface area contributed by atoms with Gasteiger partial charge in [-0.25, -0.2) is 0 Å². The van der Waals surface area contributed by atoms with Crippen molar-refractivity contribution >= 4 is 29.6 Å². The van der Waals surface area contributed by atoms with Crippen molar-refractivity contribution in [2.24, 2.45) is 0 Å². The van der Waals surface area contributed by atoms with E-state index in [0.717, 1.165) is 0 Å². The minimum absolute atomic E-state index is 0. The van der Waals surface area contributed by atoms with Crippen LogP contribution in [0, 0.1) is 0 Å². The van der Waals surface area contributed by atoms with Gasteiger partial charge in [-0.2, -0.15) is 0 Å². The van der Waals surface area contributed by atoms with Crippen LogP contribution in [0.3, 0.4) is 0 Å². The van der Waals surface area contributed by atoms with E-state index in [-0.39, 0.29) is 29.6 Å². The predicted molar refractivity (Wildman–Crippen MR) is 46.4 cm³/mol. The third kappa shape index (κ3) is 7590. The zero-order valence-corrected chi connectivity index (χ0v) is 31.9. The quantitative estimate of drug-likeness (QED) is 0.100. The van der Waals surface area contributed by atoms with E-state index in [2.05, 4.69) is 0 Å². The second-order valence-electron chi connectivity index (χ2n) is 3.13. The fourth-order valence-electron chi connectivity index (χ4n) is 0. The first-order valence-corrected chi connectivity index (χ1v) is 28.9. The Labute approximate surface area is 243 Å². The van der Waals surface area contributed by atoms with Gasteiger partial charge in [-0.05, 0) is 0 Å². The summed E-state index contributed by atoms with van der Waals surface area (Å²) in [6, 6.07) is 0. The monoisotopic (exact) mass is 1170 g/mol.